The molecule has 3 heterocycles. The number of pyridine rings is 1. The van der Waals surface area contributed by atoms with Crippen molar-refractivity contribution in [2.45, 2.75) is 43.7 Å². The molecular formula is C23H20N4O4. The number of amides is 2. The summed E-state index contributed by atoms with van der Waals surface area (Å²) in [4.78, 5) is 43.0. The minimum atomic E-state index is -0.933. The molecule has 156 valence electrons. The Kier molecular flexibility index (Phi) is 3.60. The topological polar surface area (TPSA) is 104 Å². The maximum absolute atomic E-state index is 12.7. The fraction of sp³-hybridized carbons (Fsp3) is 0.304. The summed E-state index contributed by atoms with van der Waals surface area (Å²) < 4.78 is 1.88. The predicted molar refractivity (Wildman–Crippen MR) is 111 cm³/mol. The summed E-state index contributed by atoms with van der Waals surface area (Å²) >= 11 is 0. The number of carboxylic acids is 1. The van der Waals surface area contributed by atoms with Gasteiger partial charge in [0.15, 0.2) is 5.65 Å². The van der Waals surface area contributed by atoms with Crippen molar-refractivity contribution < 1.29 is 19.5 Å². The summed E-state index contributed by atoms with van der Waals surface area (Å²) in [5.41, 5.74) is 2.88. The molecule has 0 atom stereocenters. The molecule has 0 bridgehead atoms. The number of carbonyl (C=O) groups is 3. The lowest BCUT2D eigenvalue weighted by atomic mass is 10.1. The third kappa shape index (κ3) is 2.82. The molecule has 8 heteroatoms. The number of anilines is 1. The van der Waals surface area contributed by atoms with Gasteiger partial charge in [0.25, 0.3) is 11.8 Å². The smallest absolute Gasteiger partial charge is 0.329 e. The summed E-state index contributed by atoms with van der Waals surface area (Å²) in [5, 5.41) is 12.8. The molecule has 6 rings (SSSR count). The van der Waals surface area contributed by atoms with Gasteiger partial charge in [-0.05, 0) is 55.4 Å². The van der Waals surface area contributed by atoms with E-state index in [2.05, 4.69) is 10.3 Å². The molecule has 8 nitrogen and oxygen atoms in total. The standard InChI is InChI=1S/C23H20N4O4/c28-20-16-3-1-2-4-17(16)21(29)27(20)12-15-11-26-10-14(13-5-6-13)9-18(19(26)24-15)25-23(7-8-23)22(30)31/h1-4,9-11,13,25H,5-8,12H2,(H,30,31). The molecule has 2 N–H and O–H groups in total. The van der Waals surface area contributed by atoms with Gasteiger partial charge in [-0.15, -0.1) is 0 Å². The zero-order valence-electron chi connectivity index (χ0n) is 16.7. The number of hydrogen-bond acceptors (Lipinski definition) is 5. The Labute approximate surface area is 177 Å². The summed E-state index contributed by atoms with van der Waals surface area (Å²) in [5.74, 6) is -1.03. The Morgan fingerprint density at radius 1 is 1.13 bits per heavy atom. The maximum atomic E-state index is 12.7. The Balaban J connectivity index is 1.36. The van der Waals surface area contributed by atoms with Gasteiger partial charge in [-0.1, -0.05) is 12.1 Å². The first kappa shape index (κ1) is 18.1. The molecule has 2 saturated carbocycles. The van der Waals surface area contributed by atoms with Crippen molar-refractivity contribution in [2.24, 2.45) is 0 Å². The Bertz CT molecular complexity index is 1250. The van der Waals surface area contributed by atoms with E-state index in [-0.39, 0.29) is 18.4 Å². The number of fused-ring (bicyclic) bond motifs is 2. The fourth-order valence-corrected chi connectivity index (χ4v) is 4.30. The van der Waals surface area contributed by atoms with Crippen molar-refractivity contribution in [3.8, 4) is 0 Å². The highest BCUT2D eigenvalue weighted by molar-refractivity contribution is 6.21. The average molecular weight is 416 g/mol. The van der Waals surface area contributed by atoms with Gasteiger partial charge in [0.05, 0.1) is 29.1 Å². The number of nitrogens with one attached hydrogen (secondary N) is 1. The number of imidazole rings is 1. The number of imide groups is 1. The lowest BCUT2D eigenvalue weighted by Gasteiger charge is -2.16. The Morgan fingerprint density at radius 3 is 2.39 bits per heavy atom. The number of rotatable bonds is 6. The van der Waals surface area contributed by atoms with Crippen LogP contribution in [0.3, 0.4) is 0 Å². The number of nitrogens with zero attached hydrogens (tertiary/aromatic N) is 3. The molecule has 3 aromatic rings. The number of aromatic nitrogens is 2. The van der Waals surface area contributed by atoms with Gasteiger partial charge in [0.2, 0.25) is 0 Å². The normalized spacial score (nSPS) is 19.0. The van der Waals surface area contributed by atoms with Gasteiger partial charge < -0.3 is 14.8 Å². The Hall–Kier alpha value is -3.68. The molecule has 0 spiro atoms. The molecule has 31 heavy (non-hydrogen) atoms. The predicted octanol–water partition coefficient (Wildman–Crippen LogP) is 3.04. The fourth-order valence-electron chi connectivity index (χ4n) is 4.30. The number of hydrogen-bond donors (Lipinski definition) is 2. The zero-order valence-corrected chi connectivity index (χ0v) is 16.7. The lowest BCUT2D eigenvalue weighted by Crippen LogP contribution is -2.31. The van der Waals surface area contributed by atoms with E-state index < -0.39 is 11.5 Å². The van der Waals surface area contributed by atoms with Crippen LogP contribution in [0, 0.1) is 0 Å². The summed E-state index contributed by atoms with van der Waals surface area (Å²) in [6.07, 6.45) is 7.21. The van der Waals surface area contributed by atoms with Crippen molar-refractivity contribution in [3.05, 3.63) is 65.1 Å². The first-order valence-corrected chi connectivity index (χ1v) is 10.4. The van der Waals surface area contributed by atoms with Crippen molar-refractivity contribution >= 4 is 29.1 Å². The molecule has 2 aliphatic carbocycles. The highest BCUT2D eigenvalue weighted by atomic mass is 16.4. The second-order valence-corrected chi connectivity index (χ2v) is 8.68. The van der Waals surface area contributed by atoms with Crippen LogP contribution in [0.4, 0.5) is 5.69 Å². The van der Waals surface area contributed by atoms with Crippen LogP contribution < -0.4 is 5.32 Å². The van der Waals surface area contributed by atoms with Crippen molar-refractivity contribution in [2.75, 3.05) is 5.32 Å². The van der Waals surface area contributed by atoms with E-state index in [1.807, 2.05) is 22.9 Å². The molecule has 3 aliphatic rings. The van der Waals surface area contributed by atoms with E-state index in [4.69, 9.17) is 0 Å². The highest BCUT2D eigenvalue weighted by Crippen LogP contribution is 2.44. The SMILES string of the molecule is O=C1c2ccccc2C(=O)N1Cc1cn2cc(C3CC3)cc(NC3(C(=O)O)CC3)c2n1. The van der Waals surface area contributed by atoms with Crippen LogP contribution in [0.5, 0.6) is 0 Å². The van der Waals surface area contributed by atoms with E-state index in [0.29, 0.717) is 46.9 Å². The first-order chi connectivity index (χ1) is 14.9. The van der Waals surface area contributed by atoms with E-state index in [1.165, 1.54) is 4.90 Å². The van der Waals surface area contributed by atoms with Crippen LogP contribution >= 0.6 is 0 Å². The highest BCUT2D eigenvalue weighted by Gasteiger charge is 2.51. The number of benzene rings is 1. The first-order valence-electron chi connectivity index (χ1n) is 10.4. The largest absolute Gasteiger partial charge is 0.480 e. The average Bonchev–Trinajstić information content (AvgIpc) is 3.68. The van der Waals surface area contributed by atoms with Crippen LogP contribution in [0.2, 0.25) is 0 Å². The molecule has 1 aromatic carbocycles. The van der Waals surface area contributed by atoms with Crippen LogP contribution in [-0.4, -0.2) is 42.7 Å². The van der Waals surface area contributed by atoms with E-state index in [0.717, 1.165) is 18.4 Å². The summed E-state index contributed by atoms with van der Waals surface area (Å²) in [6.45, 7) is 0.0658. The second-order valence-electron chi connectivity index (χ2n) is 8.68. The van der Waals surface area contributed by atoms with Crippen LogP contribution in [-0.2, 0) is 11.3 Å². The van der Waals surface area contributed by atoms with Gasteiger partial charge in [-0.25, -0.2) is 9.78 Å². The number of aliphatic carboxylic acids is 1. The van der Waals surface area contributed by atoms with Crippen molar-refractivity contribution in [1.82, 2.24) is 14.3 Å². The molecule has 0 radical (unpaired) electrons. The van der Waals surface area contributed by atoms with Gasteiger partial charge in [0.1, 0.15) is 5.54 Å². The van der Waals surface area contributed by atoms with E-state index >= 15 is 0 Å². The third-order valence-electron chi connectivity index (χ3n) is 6.40. The molecule has 0 unspecified atom stereocenters. The number of carbonyl (C=O) groups excluding carboxylic acids is 2. The zero-order chi connectivity index (χ0) is 21.3. The van der Waals surface area contributed by atoms with Crippen molar-refractivity contribution in [3.63, 3.8) is 0 Å². The van der Waals surface area contributed by atoms with E-state index in [9.17, 15) is 19.5 Å². The quantitative estimate of drug-likeness (QED) is 0.599. The minimum absolute atomic E-state index is 0.0658. The van der Waals surface area contributed by atoms with E-state index in [1.54, 1.807) is 24.3 Å². The van der Waals surface area contributed by atoms with Crippen molar-refractivity contribution in [1.29, 1.82) is 0 Å². The van der Waals surface area contributed by atoms with Crippen LogP contribution in [0.1, 0.15) is 63.6 Å². The van der Waals surface area contributed by atoms with Crippen LogP contribution in [0.25, 0.3) is 5.65 Å². The van der Waals surface area contributed by atoms with Gasteiger partial charge in [0, 0.05) is 12.4 Å². The van der Waals surface area contributed by atoms with Gasteiger partial charge in [-0.3, -0.25) is 14.5 Å². The van der Waals surface area contributed by atoms with Gasteiger partial charge >= 0.3 is 5.97 Å². The summed E-state index contributed by atoms with van der Waals surface area (Å²) in [7, 11) is 0. The molecule has 2 fully saturated rings. The lowest BCUT2D eigenvalue weighted by molar-refractivity contribution is -0.138. The molecular weight excluding hydrogens is 396 g/mol. The number of carboxylic acid groups (broad SMARTS) is 1. The maximum Gasteiger partial charge on any atom is 0.329 e. The van der Waals surface area contributed by atoms with Crippen LogP contribution in [0.15, 0.2) is 42.7 Å². The Morgan fingerprint density at radius 2 is 1.81 bits per heavy atom. The third-order valence-corrected chi connectivity index (χ3v) is 6.40. The monoisotopic (exact) mass is 416 g/mol. The second kappa shape index (κ2) is 6.16. The minimum Gasteiger partial charge on any atom is -0.480 e. The molecule has 1 aliphatic heterocycles. The summed E-state index contributed by atoms with van der Waals surface area (Å²) in [6, 6.07) is 8.79. The molecule has 2 aromatic heterocycles. The molecule has 0 saturated heterocycles. The van der Waals surface area contributed by atoms with Gasteiger partial charge in [-0.2, -0.15) is 0 Å². The molecule has 2 amide bonds.